The highest BCUT2D eigenvalue weighted by atomic mass is 32.2. The molecule has 5 nitrogen and oxygen atoms in total. The van der Waals surface area contributed by atoms with E-state index in [0.29, 0.717) is 5.69 Å². The van der Waals surface area contributed by atoms with E-state index in [1.165, 1.54) is 24.3 Å². The first kappa shape index (κ1) is 19.8. The molecular weight excluding hydrogens is 415 g/mol. The summed E-state index contributed by atoms with van der Waals surface area (Å²) in [6.07, 6.45) is 1.06. The molecule has 0 N–H and O–H groups in total. The lowest BCUT2D eigenvalue weighted by Gasteiger charge is -2.28. The van der Waals surface area contributed by atoms with Gasteiger partial charge >= 0.3 is 0 Å². The molecule has 0 aromatic heterocycles. The largest absolute Gasteiger partial charge is 0.273 e. The molecule has 31 heavy (non-hydrogen) atoms. The minimum absolute atomic E-state index is 0.345. The predicted octanol–water partition coefficient (Wildman–Crippen LogP) is 4.60. The number of thioether (sulfide) groups is 1. The van der Waals surface area contributed by atoms with E-state index in [0.717, 1.165) is 21.0 Å². The molecule has 2 saturated heterocycles. The molecule has 2 aliphatic heterocycles. The zero-order valence-corrected chi connectivity index (χ0v) is 17.5. The molecule has 5 rings (SSSR count). The molecule has 2 fully saturated rings. The Morgan fingerprint density at radius 2 is 1.52 bits per heavy atom. The van der Waals surface area contributed by atoms with Gasteiger partial charge in [-0.1, -0.05) is 30.3 Å². The summed E-state index contributed by atoms with van der Waals surface area (Å²) in [4.78, 5) is 35.0. The Morgan fingerprint density at radius 1 is 0.839 bits per heavy atom. The molecule has 0 unspecified atom stereocenters. The lowest BCUT2D eigenvalue weighted by atomic mass is 9.90. The molecule has 3 aromatic carbocycles. The van der Waals surface area contributed by atoms with Gasteiger partial charge in [0.1, 0.15) is 11.7 Å². The topological polar surface area (TPSA) is 49.9 Å². The number of carbonyl (C=O) groups is 2. The van der Waals surface area contributed by atoms with E-state index < -0.39 is 29.8 Å². The van der Waals surface area contributed by atoms with Crippen LogP contribution in [0.25, 0.3) is 0 Å². The number of benzene rings is 3. The molecule has 3 aromatic rings. The number of amides is 2. The van der Waals surface area contributed by atoms with Crippen molar-refractivity contribution < 1.29 is 18.8 Å². The van der Waals surface area contributed by atoms with Crippen LogP contribution < -0.4 is 9.96 Å². The fraction of sp³-hybridized carbons (Fsp3) is 0.167. The van der Waals surface area contributed by atoms with Crippen molar-refractivity contribution in [1.82, 2.24) is 0 Å². The van der Waals surface area contributed by atoms with E-state index in [1.54, 1.807) is 16.8 Å². The highest BCUT2D eigenvalue weighted by Crippen LogP contribution is 2.47. The van der Waals surface area contributed by atoms with Gasteiger partial charge in [-0.25, -0.2) is 14.4 Å². The van der Waals surface area contributed by atoms with Gasteiger partial charge in [-0.05, 0) is 60.4 Å². The van der Waals surface area contributed by atoms with Crippen molar-refractivity contribution in [2.24, 2.45) is 5.92 Å². The molecule has 0 aliphatic carbocycles. The quantitative estimate of drug-likeness (QED) is 0.444. The van der Waals surface area contributed by atoms with Crippen molar-refractivity contribution in [1.29, 1.82) is 0 Å². The van der Waals surface area contributed by atoms with Crippen LogP contribution in [0.4, 0.5) is 15.8 Å². The van der Waals surface area contributed by atoms with E-state index >= 15 is 0 Å². The zero-order chi connectivity index (χ0) is 21.5. The first-order chi connectivity index (χ1) is 15.1. The summed E-state index contributed by atoms with van der Waals surface area (Å²) in [6.45, 7) is 0. The van der Waals surface area contributed by atoms with Crippen molar-refractivity contribution in [3.05, 3.63) is 90.2 Å². The van der Waals surface area contributed by atoms with E-state index in [2.05, 4.69) is 0 Å². The summed E-state index contributed by atoms with van der Waals surface area (Å²) in [5, 5.41) is 1.67. The van der Waals surface area contributed by atoms with Gasteiger partial charge in [-0.3, -0.25) is 14.4 Å². The Labute approximate surface area is 183 Å². The lowest BCUT2D eigenvalue weighted by Crippen LogP contribution is -2.37. The van der Waals surface area contributed by atoms with Crippen LogP contribution >= 0.6 is 11.8 Å². The molecular formula is C24H19FN2O3S. The summed E-state index contributed by atoms with van der Waals surface area (Å²) < 4.78 is 13.4. The fourth-order valence-electron chi connectivity index (χ4n) is 4.20. The molecule has 2 heterocycles. The summed E-state index contributed by atoms with van der Waals surface area (Å²) in [5.41, 5.74) is 2.00. The van der Waals surface area contributed by atoms with Crippen LogP contribution in [0.1, 0.15) is 11.6 Å². The number of anilines is 2. The molecule has 2 aliphatic rings. The third kappa shape index (κ3) is 3.30. The van der Waals surface area contributed by atoms with Gasteiger partial charge in [0, 0.05) is 4.90 Å². The number of nitrogens with zero attached hydrogens (tertiary/aromatic N) is 2. The number of hydroxylamine groups is 1. The average molecular weight is 434 g/mol. The van der Waals surface area contributed by atoms with Crippen molar-refractivity contribution >= 4 is 35.0 Å². The second-order valence-electron chi connectivity index (χ2n) is 7.42. The molecule has 0 spiro atoms. The van der Waals surface area contributed by atoms with Gasteiger partial charge in [0.15, 0.2) is 6.10 Å². The van der Waals surface area contributed by atoms with E-state index in [9.17, 15) is 14.0 Å². The Kier molecular flexibility index (Phi) is 5.00. The van der Waals surface area contributed by atoms with Crippen LogP contribution in [-0.2, 0) is 14.4 Å². The smallest absolute Gasteiger partial charge is 0.266 e. The first-order valence-corrected chi connectivity index (χ1v) is 11.1. The fourth-order valence-corrected chi connectivity index (χ4v) is 4.61. The number of rotatable bonds is 4. The molecule has 7 heteroatoms. The highest BCUT2D eigenvalue weighted by Gasteiger charge is 2.60. The number of hydrogen-bond acceptors (Lipinski definition) is 5. The maximum atomic E-state index is 13.5. The van der Waals surface area contributed by atoms with Crippen molar-refractivity contribution in [3.63, 3.8) is 0 Å². The molecule has 0 radical (unpaired) electrons. The minimum Gasteiger partial charge on any atom is -0.273 e. The van der Waals surface area contributed by atoms with Gasteiger partial charge in [0.05, 0.1) is 17.4 Å². The maximum absolute atomic E-state index is 13.5. The van der Waals surface area contributed by atoms with E-state index in [4.69, 9.17) is 4.84 Å². The average Bonchev–Trinajstić information content (AvgIpc) is 3.31. The summed E-state index contributed by atoms with van der Waals surface area (Å²) in [5.74, 6) is -1.93. The second-order valence-corrected chi connectivity index (χ2v) is 8.30. The number of hydrogen-bond donors (Lipinski definition) is 0. The van der Waals surface area contributed by atoms with Crippen LogP contribution in [0.5, 0.6) is 0 Å². The first-order valence-electron chi connectivity index (χ1n) is 9.87. The Morgan fingerprint density at radius 3 is 2.16 bits per heavy atom. The summed E-state index contributed by atoms with van der Waals surface area (Å²) in [7, 11) is 0. The third-order valence-corrected chi connectivity index (χ3v) is 6.41. The number of halogens is 1. The Bertz CT molecular complexity index is 1120. The van der Waals surface area contributed by atoms with Gasteiger partial charge in [-0.2, -0.15) is 0 Å². The minimum atomic E-state index is -0.942. The van der Waals surface area contributed by atoms with Crippen LogP contribution in [0, 0.1) is 11.7 Å². The number of imide groups is 1. The van der Waals surface area contributed by atoms with Crippen molar-refractivity contribution in [2.75, 3.05) is 16.2 Å². The summed E-state index contributed by atoms with van der Waals surface area (Å²) in [6, 6.07) is 22.2. The van der Waals surface area contributed by atoms with Crippen molar-refractivity contribution in [3.8, 4) is 0 Å². The maximum Gasteiger partial charge on any atom is 0.266 e. The predicted molar refractivity (Wildman–Crippen MR) is 117 cm³/mol. The van der Waals surface area contributed by atoms with Crippen LogP contribution in [-0.4, -0.2) is 24.2 Å². The van der Waals surface area contributed by atoms with Gasteiger partial charge < -0.3 is 0 Å². The Balaban J connectivity index is 1.57. The van der Waals surface area contributed by atoms with Gasteiger partial charge in [0.25, 0.3) is 5.91 Å². The third-order valence-electron chi connectivity index (χ3n) is 5.67. The number of carbonyl (C=O) groups excluding carboxylic acids is 2. The normalized spacial score (nSPS) is 22.8. The SMILES string of the molecule is CSc1ccc([C@@H]2[C@@H]3C(=O)N(c4ccc(F)cc4)C(=O)[C@H]3ON2c2ccccc2)cc1. The van der Waals surface area contributed by atoms with Crippen molar-refractivity contribution in [2.45, 2.75) is 17.0 Å². The highest BCUT2D eigenvalue weighted by molar-refractivity contribution is 7.98. The second kappa shape index (κ2) is 7.83. The summed E-state index contributed by atoms with van der Waals surface area (Å²) >= 11 is 1.63. The molecule has 3 atom stereocenters. The standard InChI is InChI=1S/C24H19FN2O3S/c1-31-19-13-7-15(8-14-19)21-20-22(30-27(21)18-5-3-2-4-6-18)24(29)26(23(20)28)17-11-9-16(25)10-12-17/h2-14,20-22H,1H3/t20-,21+,22-/m0/s1. The van der Waals surface area contributed by atoms with E-state index in [1.807, 2.05) is 60.9 Å². The van der Waals surface area contributed by atoms with Gasteiger partial charge in [-0.15, -0.1) is 11.8 Å². The number of fused-ring (bicyclic) bond motifs is 1. The number of para-hydroxylation sites is 1. The lowest BCUT2D eigenvalue weighted by molar-refractivity contribution is -0.126. The van der Waals surface area contributed by atoms with E-state index in [-0.39, 0.29) is 5.91 Å². The monoisotopic (exact) mass is 434 g/mol. The Hall–Kier alpha value is -3.16. The molecule has 2 amide bonds. The zero-order valence-electron chi connectivity index (χ0n) is 16.6. The van der Waals surface area contributed by atoms with Crippen LogP contribution in [0.3, 0.4) is 0 Å². The molecule has 0 bridgehead atoms. The van der Waals surface area contributed by atoms with Crippen LogP contribution in [0.15, 0.2) is 83.8 Å². The molecule has 0 saturated carbocycles. The van der Waals surface area contributed by atoms with Crippen LogP contribution in [0.2, 0.25) is 0 Å². The van der Waals surface area contributed by atoms with Gasteiger partial charge in [0.2, 0.25) is 5.91 Å². The molecule has 156 valence electrons.